The van der Waals surface area contributed by atoms with Crippen LogP contribution in [0.4, 0.5) is 5.69 Å². The van der Waals surface area contributed by atoms with Crippen molar-refractivity contribution >= 4 is 11.6 Å². The molecule has 0 radical (unpaired) electrons. The summed E-state index contributed by atoms with van der Waals surface area (Å²) >= 11 is 0. The van der Waals surface area contributed by atoms with E-state index in [-0.39, 0.29) is 11.8 Å². The monoisotopic (exact) mass is 328 g/mol. The van der Waals surface area contributed by atoms with Crippen molar-refractivity contribution < 1.29 is 4.79 Å². The number of nitrogens with one attached hydrogen (secondary N) is 2. The number of aromatic nitrogens is 2. The summed E-state index contributed by atoms with van der Waals surface area (Å²) in [6, 6.07) is 7.94. The molecule has 0 fully saturated rings. The van der Waals surface area contributed by atoms with Gasteiger partial charge < -0.3 is 10.6 Å². The lowest BCUT2D eigenvalue weighted by atomic mass is 9.98. The zero-order chi connectivity index (χ0) is 17.7. The van der Waals surface area contributed by atoms with Crippen molar-refractivity contribution in [3.05, 3.63) is 46.8 Å². The Morgan fingerprint density at radius 2 is 2.00 bits per heavy atom. The molecule has 0 aliphatic rings. The number of hydrogen-bond acceptors (Lipinski definition) is 3. The van der Waals surface area contributed by atoms with Crippen LogP contribution in [-0.2, 0) is 24.8 Å². The Kier molecular flexibility index (Phi) is 6.15. The van der Waals surface area contributed by atoms with E-state index in [0.29, 0.717) is 6.42 Å². The molecular formula is C19H28N4O. The lowest BCUT2D eigenvalue weighted by Crippen LogP contribution is -2.24. The second-order valence-corrected chi connectivity index (χ2v) is 6.30. The highest BCUT2D eigenvalue weighted by atomic mass is 16.1. The third-order valence-electron chi connectivity index (χ3n) is 4.46. The van der Waals surface area contributed by atoms with E-state index in [4.69, 9.17) is 0 Å². The standard InChI is InChI=1S/C19H28N4O/c1-6-20-12-16-9-7-8-10-18(16)21-19(24)13(2)11-17-14(3)22-23(5)15(17)4/h7-10,13,20H,6,11-12H2,1-5H3,(H,21,24). The van der Waals surface area contributed by atoms with Crippen molar-refractivity contribution in [2.24, 2.45) is 13.0 Å². The Morgan fingerprint density at radius 3 is 2.62 bits per heavy atom. The molecule has 0 aliphatic heterocycles. The normalized spacial score (nSPS) is 12.2. The molecule has 1 aromatic carbocycles. The molecule has 0 bridgehead atoms. The van der Waals surface area contributed by atoms with Crippen molar-refractivity contribution in [2.45, 2.75) is 40.7 Å². The maximum atomic E-state index is 12.6. The molecule has 1 aromatic heterocycles. The van der Waals surface area contributed by atoms with Gasteiger partial charge in [0.15, 0.2) is 0 Å². The number of amides is 1. The predicted octanol–water partition coefficient (Wildman–Crippen LogP) is 2.96. The van der Waals surface area contributed by atoms with Gasteiger partial charge in [-0.25, -0.2) is 0 Å². The number of para-hydroxylation sites is 1. The second kappa shape index (κ2) is 8.11. The fourth-order valence-corrected chi connectivity index (χ4v) is 2.82. The molecule has 2 rings (SSSR count). The van der Waals surface area contributed by atoms with Crippen LogP contribution in [0.1, 0.15) is 36.4 Å². The molecule has 1 heterocycles. The van der Waals surface area contributed by atoms with Crippen LogP contribution in [-0.4, -0.2) is 22.2 Å². The minimum Gasteiger partial charge on any atom is -0.326 e. The zero-order valence-electron chi connectivity index (χ0n) is 15.3. The van der Waals surface area contributed by atoms with Gasteiger partial charge in [0.1, 0.15) is 0 Å². The fraction of sp³-hybridized carbons (Fsp3) is 0.474. The summed E-state index contributed by atoms with van der Waals surface area (Å²) in [7, 11) is 1.94. The molecule has 1 unspecified atom stereocenters. The summed E-state index contributed by atoms with van der Waals surface area (Å²) in [5, 5.41) is 10.8. The van der Waals surface area contributed by atoms with Gasteiger partial charge in [-0.1, -0.05) is 32.0 Å². The number of carbonyl (C=O) groups is 1. The van der Waals surface area contributed by atoms with Crippen molar-refractivity contribution in [2.75, 3.05) is 11.9 Å². The van der Waals surface area contributed by atoms with Crippen LogP contribution in [0.5, 0.6) is 0 Å². The summed E-state index contributed by atoms with van der Waals surface area (Å²) in [6.45, 7) is 9.74. The lowest BCUT2D eigenvalue weighted by molar-refractivity contribution is -0.119. The highest BCUT2D eigenvalue weighted by Gasteiger charge is 2.19. The molecule has 24 heavy (non-hydrogen) atoms. The molecule has 5 heteroatoms. The van der Waals surface area contributed by atoms with Gasteiger partial charge in [-0.2, -0.15) is 5.10 Å². The quantitative estimate of drug-likeness (QED) is 0.821. The Balaban J connectivity index is 2.07. The number of benzene rings is 1. The minimum atomic E-state index is -0.112. The van der Waals surface area contributed by atoms with Crippen LogP contribution < -0.4 is 10.6 Å². The Labute approximate surface area is 144 Å². The Bertz CT molecular complexity index is 705. The van der Waals surface area contributed by atoms with Gasteiger partial charge in [0.2, 0.25) is 5.91 Å². The third-order valence-corrected chi connectivity index (χ3v) is 4.46. The van der Waals surface area contributed by atoms with Gasteiger partial charge in [-0.05, 0) is 44.0 Å². The Morgan fingerprint density at radius 1 is 1.29 bits per heavy atom. The number of anilines is 1. The van der Waals surface area contributed by atoms with E-state index in [1.807, 2.05) is 56.8 Å². The van der Waals surface area contributed by atoms with E-state index in [2.05, 4.69) is 22.7 Å². The van der Waals surface area contributed by atoms with E-state index in [1.54, 1.807) is 0 Å². The summed E-state index contributed by atoms with van der Waals surface area (Å²) in [5.74, 6) is -0.0691. The summed E-state index contributed by atoms with van der Waals surface area (Å²) < 4.78 is 1.88. The maximum Gasteiger partial charge on any atom is 0.227 e. The Hall–Kier alpha value is -2.14. The van der Waals surface area contributed by atoms with Gasteiger partial charge in [0.05, 0.1) is 5.69 Å². The number of aryl methyl sites for hydroxylation is 2. The van der Waals surface area contributed by atoms with Gasteiger partial charge in [0, 0.05) is 30.9 Å². The average Bonchev–Trinajstić information content (AvgIpc) is 2.80. The predicted molar refractivity (Wildman–Crippen MR) is 98.0 cm³/mol. The largest absolute Gasteiger partial charge is 0.326 e. The molecule has 0 saturated heterocycles. The number of nitrogens with zero attached hydrogens (tertiary/aromatic N) is 2. The first-order valence-electron chi connectivity index (χ1n) is 8.52. The van der Waals surface area contributed by atoms with E-state index in [1.165, 1.54) is 5.56 Å². The number of hydrogen-bond donors (Lipinski definition) is 2. The first kappa shape index (κ1) is 18.2. The van der Waals surface area contributed by atoms with Crippen molar-refractivity contribution in [3.8, 4) is 0 Å². The zero-order valence-corrected chi connectivity index (χ0v) is 15.3. The van der Waals surface area contributed by atoms with E-state index in [0.717, 1.165) is 35.7 Å². The summed E-state index contributed by atoms with van der Waals surface area (Å²) in [5.41, 5.74) is 5.28. The molecule has 2 aromatic rings. The molecule has 0 aliphatic carbocycles. The molecule has 0 saturated carbocycles. The van der Waals surface area contributed by atoms with Crippen LogP contribution in [0.25, 0.3) is 0 Å². The first-order chi connectivity index (χ1) is 11.4. The van der Waals surface area contributed by atoms with E-state index >= 15 is 0 Å². The molecule has 1 amide bonds. The first-order valence-corrected chi connectivity index (χ1v) is 8.52. The topological polar surface area (TPSA) is 58.9 Å². The summed E-state index contributed by atoms with van der Waals surface area (Å²) in [6.07, 6.45) is 0.701. The van der Waals surface area contributed by atoms with Crippen LogP contribution in [0.15, 0.2) is 24.3 Å². The van der Waals surface area contributed by atoms with Gasteiger partial charge in [0.25, 0.3) is 0 Å². The minimum absolute atomic E-state index is 0.0431. The lowest BCUT2D eigenvalue weighted by Gasteiger charge is -2.15. The smallest absolute Gasteiger partial charge is 0.227 e. The summed E-state index contributed by atoms with van der Waals surface area (Å²) in [4.78, 5) is 12.6. The maximum absolute atomic E-state index is 12.6. The highest BCUT2D eigenvalue weighted by Crippen LogP contribution is 2.20. The molecule has 0 spiro atoms. The van der Waals surface area contributed by atoms with Gasteiger partial charge >= 0.3 is 0 Å². The molecule has 2 N–H and O–H groups in total. The third kappa shape index (κ3) is 4.23. The fourth-order valence-electron chi connectivity index (χ4n) is 2.82. The van der Waals surface area contributed by atoms with Crippen molar-refractivity contribution in [3.63, 3.8) is 0 Å². The van der Waals surface area contributed by atoms with Gasteiger partial charge in [-0.3, -0.25) is 9.48 Å². The van der Waals surface area contributed by atoms with Crippen LogP contribution in [0.3, 0.4) is 0 Å². The molecule has 130 valence electrons. The molecule has 5 nitrogen and oxygen atoms in total. The van der Waals surface area contributed by atoms with Crippen LogP contribution >= 0.6 is 0 Å². The number of carbonyl (C=O) groups excluding carboxylic acids is 1. The van der Waals surface area contributed by atoms with Crippen LogP contribution in [0, 0.1) is 19.8 Å². The van der Waals surface area contributed by atoms with Crippen molar-refractivity contribution in [1.29, 1.82) is 0 Å². The van der Waals surface area contributed by atoms with Crippen molar-refractivity contribution in [1.82, 2.24) is 15.1 Å². The number of rotatable bonds is 7. The van der Waals surface area contributed by atoms with E-state index < -0.39 is 0 Å². The molecular weight excluding hydrogens is 300 g/mol. The van der Waals surface area contributed by atoms with Crippen LogP contribution in [0.2, 0.25) is 0 Å². The average molecular weight is 328 g/mol. The second-order valence-electron chi connectivity index (χ2n) is 6.30. The van der Waals surface area contributed by atoms with Gasteiger partial charge in [-0.15, -0.1) is 0 Å². The highest BCUT2D eigenvalue weighted by molar-refractivity contribution is 5.93. The van der Waals surface area contributed by atoms with E-state index in [9.17, 15) is 4.79 Å². The molecule has 1 atom stereocenters. The SMILES string of the molecule is CCNCc1ccccc1NC(=O)C(C)Cc1c(C)nn(C)c1C.